The maximum atomic E-state index is 12.6. The van der Waals surface area contributed by atoms with Crippen molar-refractivity contribution in [1.29, 1.82) is 0 Å². The molecule has 1 aliphatic heterocycles. The van der Waals surface area contributed by atoms with Crippen molar-refractivity contribution in [2.45, 2.75) is 30.7 Å². The first-order chi connectivity index (χ1) is 9.25. The number of rotatable bonds is 3. The molecule has 0 unspecified atom stereocenters. The van der Waals surface area contributed by atoms with Crippen molar-refractivity contribution >= 4 is 39.0 Å². The van der Waals surface area contributed by atoms with E-state index in [0.717, 1.165) is 10.4 Å². The Kier molecular flexibility index (Phi) is 4.30. The number of phenolic OH excluding ortho intramolecular Hbond substituents is 1. The minimum Gasteiger partial charge on any atom is -0.505 e. The number of phenols is 1. The van der Waals surface area contributed by atoms with Crippen LogP contribution in [0.5, 0.6) is 5.75 Å². The molecule has 0 aliphatic carbocycles. The lowest BCUT2D eigenvalue weighted by Gasteiger charge is -2.22. The van der Waals surface area contributed by atoms with Crippen LogP contribution in [-0.4, -0.2) is 36.2 Å². The molecule has 110 valence electrons. The van der Waals surface area contributed by atoms with E-state index in [0.29, 0.717) is 12.8 Å². The molecular weight excluding hydrogens is 325 g/mol. The summed E-state index contributed by atoms with van der Waals surface area (Å²) >= 11 is 11.5. The van der Waals surface area contributed by atoms with Gasteiger partial charge in [0.1, 0.15) is 10.7 Å². The van der Waals surface area contributed by atoms with E-state index in [1.807, 2.05) is 0 Å². The number of benzene rings is 1. The molecule has 1 atom stereocenters. The standard InChI is InChI=1S/C12H13Cl2NO4S/c1-7(16)10-3-2-4-15(10)20(18,19)11-6-8(13)5-9(14)12(11)17/h5-6,10,17H,2-4H2,1H3/t10-/m0/s1. The van der Waals surface area contributed by atoms with Crippen molar-refractivity contribution in [2.75, 3.05) is 6.54 Å². The zero-order valence-electron chi connectivity index (χ0n) is 10.6. The number of hydrogen-bond donors (Lipinski definition) is 1. The largest absolute Gasteiger partial charge is 0.505 e. The Balaban J connectivity index is 2.53. The summed E-state index contributed by atoms with van der Waals surface area (Å²) in [5, 5.41) is 9.82. The van der Waals surface area contributed by atoms with Gasteiger partial charge in [0.2, 0.25) is 10.0 Å². The third-order valence-corrected chi connectivity index (χ3v) is 5.68. The molecule has 0 radical (unpaired) electrons. The number of carbonyl (C=O) groups excluding carboxylic acids is 1. The summed E-state index contributed by atoms with van der Waals surface area (Å²) in [5.41, 5.74) is 0. The van der Waals surface area contributed by atoms with Gasteiger partial charge in [-0.3, -0.25) is 4.79 Å². The lowest BCUT2D eigenvalue weighted by Crippen LogP contribution is -2.39. The SMILES string of the molecule is CC(=O)[C@@H]1CCCN1S(=O)(=O)c1cc(Cl)cc(Cl)c1O. The number of aromatic hydroxyl groups is 1. The first-order valence-electron chi connectivity index (χ1n) is 5.95. The van der Waals surface area contributed by atoms with E-state index in [1.54, 1.807) is 0 Å². The Morgan fingerprint density at radius 2 is 2.05 bits per heavy atom. The molecule has 0 saturated carbocycles. The second-order valence-electron chi connectivity index (χ2n) is 4.62. The van der Waals surface area contributed by atoms with Crippen molar-refractivity contribution in [3.63, 3.8) is 0 Å². The highest BCUT2D eigenvalue weighted by Gasteiger charge is 2.39. The second-order valence-corrected chi connectivity index (χ2v) is 7.32. The number of halogens is 2. The lowest BCUT2D eigenvalue weighted by atomic mass is 10.2. The molecule has 0 aromatic heterocycles. The molecule has 0 bridgehead atoms. The monoisotopic (exact) mass is 337 g/mol. The molecule has 0 spiro atoms. The third-order valence-electron chi connectivity index (χ3n) is 3.25. The highest BCUT2D eigenvalue weighted by molar-refractivity contribution is 7.89. The average Bonchev–Trinajstić information content (AvgIpc) is 2.83. The van der Waals surface area contributed by atoms with E-state index in [2.05, 4.69) is 0 Å². The summed E-state index contributed by atoms with van der Waals surface area (Å²) in [6.07, 6.45) is 1.07. The van der Waals surface area contributed by atoms with E-state index in [1.165, 1.54) is 13.0 Å². The number of nitrogens with zero attached hydrogens (tertiary/aromatic N) is 1. The highest BCUT2D eigenvalue weighted by atomic mass is 35.5. The zero-order chi connectivity index (χ0) is 15.1. The van der Waals surface area contributed by atoms with Crippen molar-refractivity contribution in [2.24, 2.45) is 0 Å². The molecule has 0 amide bonds. The fraction of sp³-hybridized carbons (Fsp3) is 0.417. The quantitative estimate of drug-likeness (QED) is 0.919. The van der Waals surface area contributed by atoms with Crippen LogP contribution < -0.4 is 0 Å². The van der Waals surface area contributed by atoms with Gasteiger partial charge in [-0.15, -0.1) is 0 Å². The highest BCUT2D eigenvalue weighted by Crippen LogP contribution is 2.37. The number of carbonyl (C=O) groups is 1. The van der Waals surface area contributed by atoms with Crippen molar-refractivity contribution in [3.8, 4) is 5.75 Å². The van der Waals surface area contributed by atoms with Crippen LogP contribution in [-0.2, 0) is 14.8 Å². The smallest absolute Gasteiger partial charge is 0.247 e. The maximum absolute atomic E-state index is 12.6. The van der Waals surface area contributed by atoms with Crippen LogP contribution in [0.3, 0.4) is 0 Å². The molecule has 1 heterocycles. The molecule has 1 fully saturated rings. The molecule has 1 saturated heterocycles. The fourth-order valence-electron chi connectivity index (χ4n) is 2.30. The number of Topliss-reactive ketones (excluding diaryl/α,β-unsaturated/α-hetero) is 1. The lowest BCUT2D eigenvalue weighted by molar-refractivity contribution is -0.119. The summed E-state index contributed by atoms with van der Waals surface area (Å²) in [5.74, 6) is -0.774. The van der Waals surface area contributed by atoms with Gasteiger partial charge in [-0.2, -0.15) is 4.31 Å². The van der Waals surface area contributed by atoms with Crippen LogP contribution in [0.25, 0.3) is 0 Å². The average molecular weight is 338 g/mol. The first-order valence-corrected chi connectivity index (χ1v) is 8.15. The van der Waals surface area contributed by atoms with E-state index < -0.39 is 21.8 Å². The van der Waals surface area contributed by atoms with Gasteiger partial charge in [-0.05, 0) is 31.9 Å². The second kappa shape index (κ2) is 5.52. The molecule has 5 nitrogen and oxygen atoms in total. The molecular formula is C12H13Cl2NO4S. The number of hydrogen-bond acceptors (Lipinski definition) is 4. The number of sulfonamides is 1. The van der Waals surface area contributed by atoms with Gasteiger partial charge in [-0.25, -0.2) is 8.42 Å². The summed E-state index contributed by atoms with van der Waals surface area (Å²) in [6.45, 7) is 1.58. The van der Waals surface area contributed by atoms with Gasteiger partial charge in [0.15, 0.2) is 5.75 Å². The molecule has 2 rings (SSSR count). The predicted molar refractivity (Wildman–Crippen MR) is 75.7 cm³/mol. The minimum absolute atomic E-state index is 0.102. The van der Waals surface area contributed by atoms with Gasteiger partial charge in [0.05, 0.1) is 11.1 Å². The van der Waals surface area contributed by atoms with Crippen molar-refractivity contribution in [1.82, 2.24) is 4.31 Å². The minimum atomic E-state index is -4.01. The van der Waals surface area contributed by atoms with Gasteiger partial charge in [0, 0.05) is 11.6 Å². The maximum Gasteiger partial charge on any atom is 0.247 e. The summed E-state index contributed by atoms with van der Waals surface area (Å²) < 4.78 is 26.2. The Bertz CT molecular complexity index is 660. The van der Waals surface area contributed by atoms with Crippen LogP contribution in [0.15, 0.2) is 17.0 Å². The van der Waals surface area contributed by atoms with Crippen LogP contribution in [0.1, 0.15) is 19.8 Å². The van der Waals surface area contributed by atoms with Crippen molar-refractivity contribution in [3.05, 3.63) is 22.2 Å². The first kappa shape index (κ1) is 15.6. The normalized spacial score (nSPS) is 20.2. The van der Waals surface area contributed by atoms with Crippen LogP contribution >= 0.6 is 23.2 Å². The van der Waals surface area contributed by atoms with E-state index in [9.17, 15) is 18.3 Å². The van der Waals surface area contributed by atoms with Gasteiger partial charge < -0.3 is 5.11 Å². The molecule has 1 aliphatic rings. The van der Waals surface area contributed by atoms with Crippen LogP contribution in [0.2, 0.25) is 10.0 Å². The van der Waals surface area contributed by atoms with Crippen molar-refractivity contribution < 1.29 is 18.3 Å². The Labute approximate surface area is 127 Å². The summed E-state index contributed by atoms with van der Waals surface area (Å²) in [6, 6.07) is 1.69. The van der Waals surface area contributed by atoms with Gasteiger partial charge in [0.25, 0.3) is 0 Å². The summed E-state index contributed by atoms with van der Waals surface area (Å²) in [4.78, 5) is 11.2. The van der Waals surface area contributed by atoms with Gasteiger partial charge in [-0.1, -0.05) is 23.2 Å². The van der Waals surface area contributed by atoms with E-state index >= 15 is 0 Å². The van der Waals surface area contributed by atoms with Crippen LogP contribution in [0, 0.1) is 0 Å². The van der Waals surface area contributed by atoms with Crippen LogP contribution in [0.4, 0.5) is 0 Å². The Morgan fingerprint density at radius 3 is 2.65 bits per heavy atom. The Hall–Kier alpha value is -0.820. The van der Waals surface area contributed by atoms with Gasteiger partial charge >= 0.3 is 0 Å². The molecule has 1 aromatic carbocycles. The summed E-state index contributed by atoms with van der Waals surface area (Å²) in [7, 11) is -4.01. The molecule has 1 aromatic rings. The fourth-order valence-corrected chi connectivity index (χ4v) is 4.75. The van der Waals surface area contributed by atoms with E-state index in [-0.39, 0.29) is 27.3 Å². The van der Waals surface area contributed by atoms with E-state index in [4.69, 9.17) is 23.2 Å². The topological polar surface area (TPSA) is 74.7 Å². The Morgan fingerprint density at radius 1 is 1.40 bits per heavy atom. The number of ketones is 1. The molecule has 20 heavy (non-hydrogen) atoms. The molecule has 1 N–H and O–H groups in total. The third kappa shape index (κ3) is 2.65. The zero-order valence-corrected chi connectivity index (χ0v) is 13.0. The predicted octanol–water partition coefficient (Wildman–Crippen LogP) is 2.44. The molecule has 8 heteroatoms.